The number of methoxy groups -OCH3 is 1. The summed E-state index contributed by atoms with van der Waals surface area (Å²) in [6.45, 7) is 4.94. The fraction of sp³-hybridized carbons (Fsp3) is 0.235. The minimum atomic E-state index is -0.714. The molecule has 1 N–H and O–H groups in total. The molecule has 2 rings (SSSR count). The zero-order valence-electron chi connectivity index (χ0n) is 13.0. The quantitative estimate of drug-likeness (QED) is 0.502. The molecule has 1 saturated heterocycles. The molecule has 1 aliphatic rings. The molecule has 1 heterocycles. The lowest BCUT2D eigenvalue weighted by atomic mass is 9.92. The van der Waals surface area contributed by atoms with Crippen LogP contribution in [0.3, 0.4) is 0 Å². The zero-order valence-corrected chi connectivity index (χ0v) is 13.0. The first-order valence-electron chi connectivity index (χ1n) is 7.06. The second-order valence-corrected chi connectivity index (χ2v) is 5.09. The smallest absolute Gasteiger partial charge is 0.354 e. The fourth-order valence-corrected chi connectivity index (χ4v) is 2.38. The SMILES string of the molecule is C=C(C(=O)OC)N1C(=O)C(NC(C)=O)C1C=Cc1ccccc1. The van der Waals surface area contributed by atoms with Crippen LogP contribution in [0.5, 0.6) is 0 Å². The van der Waals surface area contributed by atoms with Gasteiger partial charge in [-0.3, -0.25) is 14.5 Å². The minimum Gasteiger partial charge on any atom is -0.464 e. The summed E-state index contributed by atoms with van der Waals surface area (Å²) < 4.78 is 4.60. The molecule has 0 saturated carbocycles. The fourth-order valence-electron chi connectivity index (χ4n) is 2.38. The van der Waals surface area contributed by atoms with Crippen molar-refractivity contribution in [1.82, 2.24) is 10.2 Å². The van der Waals surface area contributed by atoms with Gasteiger partial charge in [-0.2, -0.15) is 0 Å². The number of ether oxygens (including phenoxy) is 1. The Morgan fingerprint density at radius 1 is 1.30 bits per heavy atom. The summed E-state index contributed by atoms with van der Waals surface area (Å²) in [6, 6.07) is 8.29. The Balaban J connectivity index is 2.22. The molecule has 2 amide bonds. The van der Waals surface area contributed by atoms with E-state index in [1.54, 1.807) is 6.08 Å². The van der Waals surface area contributed by atoms with E-state index in [9.17, 15) is 14.4 Å². The van der Waals surface area contributed by atoms with Crippen LogP contribution in [0.25, 0.3) is 6.08 Å². The third-order valence-electron chi connectivity index (χ3n) is 3.50. The number of likely N-dealkylation sites (tertiary alicyclic amines) is 1. The van der Waals surface area contributed by atoms with Gasteiger partial charge in [0.05, 0.1) is 13.2 Å². The second kappa shape index (κ2) is 6.91. The monoisotopic (exact) mass is 314 g/mol. The van der Waals surface area contributed by atoms with Crippen LogP contribution in [0.2, 0.25) is 0 Å². The van der Waals surface area contributed by atoms with Gasteiger partial charge in [0.25, 0.3) is 5.91 Å². The molecule has 1 aromatic carbocycles. The molecule has 1 aliphatic heterocycles. The number of esters is 1. The number of benzene rings is 1. The van der Waals surface area contributed by atoms with Gasteiger partial charge in [0, 0.05) is 6.92 Å². The summed E-state index contributed by atoms with van der Waals surface area (Å²) in [5.41, 5.74) is 0.888. The Labute approximate surface area is 134 Å². The van der Waals surface area contributed by atoms with Gasteiger partial charge in [-0.15, -0.1) is 0 Å². The van der Waals surface area contributed by atoms with E-state index in [-0.39, 0.29) is 11.6 Å². The van der Waals surface area contributed by atoms with Crippen molar-refractivity contribution in [3.05, 3.63) is 54.2 Å². The highest BCUT2D eigenvalue weighted by Crippen LogP contribution is 2.27. The summed E-state index contributed by atoms with van der Waals surface area (Å²) in [4.78, 5) is 36.3. The summed E-state index contributed by atoms with van der Waals surface area (Å²) in [5, 5.41) is 2.58. The molecule has 0 bridgehead atoms. The minimum absolute atomic E-state index is 0.0539. The molecule has 120 valence electrons. The van der Waals surface area contributed by atoms with Gasteiger partial charge in [-0.1, -0.05) is 49.1 Å². The van der Waals surface area contributed by atoms with Crippen molar-refractivity contribution >= 4 is 23.9 Å². The maximum atomic E-state index is 12.2. The van der Waals surface area contributed by atoms with E-state index in [4.69, 9.17) is 0 Å². The molecular weight excluding hydrogens is 296 g/mol. The van der Waals surface area contributed by atoms with Crippen molar-refractivity contribution < 1.29 is 19.1 Å². The van der Waals surface area contributed by atoms with E-state index in [1.807, 2.05) is 36.4 Å². The van der Waals surface area contributed by atoms with Crippen LogP contribution in [-0.4, -0.2) is 41.9 Å². The van der Waals surface area contributed by atoms with Crippen molar-refractivity contribution in [2.45, 2.75) is 19.0 Å². The Bertz CT molecular complexity index is 666. The molecule has 0 aromatic heterocycles. The number of hydrogen-bond acceptors (Lipinski definition) is 4. The predicted octanol–water partition coefficient (Wildman–Crippen LogP) is 1.10. The first kappa shape index (κ1) is 16.5. The first-order chi connectivity index (χ1) is 11.0. The lowest BCUT2D eigenvalue weighted by Crippen LogP contribution is -2.69. The normalized spacial score (nSPS) is 20.1. The largest absolute Gasteiger partial charge is 0.464 e. The highest BCUT2D eigenvalue weighted by atomic mass is 16.5. The number of nitrogens with one attached hydrogen (secondary N) is 1. The Morgan fingerprint density at radius 3 is 2.52 bits per heavy atom. The van der Waals surface area contributed by atoms with Crippen LogP contribution < -0.4 is 5.32 Å². The molecule has 0 radical (unpaired) electrons. The van der Waals surface area contributed by atoms with E-state index < -0.39 is 24.0 Å². The van der Waals surface area contributed by atoms with Gasteiger partial charge in [-0.05, 0) is 5.56 Å². The Kier molecular flexibility index (Phi) is 4.95. The van der Waals surface area contributed by atoms with Crippen LogP contribution in [0.1, 0.15) is 12.5 Å². The highest BCUT2D eigenvalue weighted by molar-refractivity contribution is 6.01. The highest BCUT2D eigenvalue weighted by Gasteiger charge is 2.49. The number of rotatable bonds is 5. The van der Waals surface area contributed by atoms with E-state index in [1.165, 1.54) is 18.9 Å². The van der Waals surface area contributed by atoms with Crippen LogP contribution in [0, 0.1) is 0 Å². The molecule has 2 unspecified atom stereocenters. The average molecular weight is 314 g/mol. The van der Waals surface area contributed by atoms with Crippen molar-refractivity contribution in [2.24, 2.45) is 0 Å². The number of nitrogens with zero attached hydrogens (tertiary/aromatic N) is 1. The summed E-state index contributed by atoms with van der Waals surface area (Å²) >= 11 is 0. The van der Waals surface area contributed by atoms with E-state index >= 15 is 0 Å². The van der Waals surface area contributed by atoms with E-state index in [0.29, 0.717) is 0 Å². The van der Waals surface area contributed by atoms with Crippen molar-refractivity contribution in [3.63, 3.8) is 0 Å². The molecule has 2 atom stereocenters. The van der Waals surface area contributed by atoms with E-state index in [2.05, 4.69) is 16.6 Å². The van der Waals surface area contributed by atoms with Crippen molar-refractivity contribution in [1.29, 1.82) is 0 Å². The number of amides is 2. The Morgan fingerprint density at radius 2 is 1.96 bits per heavy atom. The average Bonchev–Trinajstić information content (AvgIpc) is 2.55. The maximum absolute atomic E-state index is 12.2. The summed E-state index contributed by atoms with van der Waals surface area (Å²) in [6.07, 6.45) is 3.58. The molecule has 0 spiro atoms. The molecule has 1 aromatic rings. The molecule has 6 heteroatoms. The van der Waals surface area contributed by atoms with Crippen LogP contribution in [-0.2, 0) is 19.1 Å². The summed E-state index contributed by atoms with van der Waals surface area (Å²) in [7, 11) is 1.22. The predicted molar refractivity (Wildman–Crippen MR) is 84.9 cm³/mol. The third kappa shape index (κ3) is 3.48. The topological polar surface area (TPSA) is 75.7 Å². The number of hydrogen-bond donors (Lipinski definition) is 1. The van der Waals surface area contributed by atoms with Crippen molar-refractivity contribution in [2.75, 3.05) is 7.11 Å². The Hall–Kier alpha value is -2.89. The lowest BCUT2D eigenvalue weighted by molar-refractivity contribution is -0.153. The molecule has 0 aliphatic carbocycles. The number of carbonyl (C=O) groups excluding carboxylic acids is 3. The standard InChI is InChI=1S/C17H18N2O4/c1-11(17(22)23-3)19-14(15(16(19)21)18-12(2)20)10-9-13-7-5-4-6-8-13/h4-10,14-15H,1H2,2-3H3,(H,18,20). The van der Waals surface area contributed by atoms with Crippen LogP contribution >= 0.6 is 0 Å². The molecule has 6 nitrogen and oxygen atoms in total. The summed E-state index contributed by atoms with van der Waals surface area (Å²) in [5.74, 6) is -1.39. The number of β-lactam (4-membered cyclic amide) rings is 1. The lowest BCUT2D eigenvalue weighted by Gasteiger charge is -2.45. The molecule has 1 fully saturated rings. The van der Waals surface area contributed by atoms with Gasteiger partial charge in [0.2, 0.25) is 5.91 Å². The second-order valence-electron chi connectivity index (χ2n) is 5.09. The van der Waals surface area contributed by atoms with E-state index in [0.717, 1.165) is 5.56 Å². The van der Waals surface area contributed by atoms with Crippen molar-refractivity contribution in [3.8, 4) is 0 Å². The third-order valence-corrected chi connectivity index (χ3v) is 3.50. The van der Waals surface area contributed by atoms with Gasteiger partial charge in [0.15, 0.2) is 0 Å². The zero-order chi connectivity index (χ0) is 17.0. The molecular formula is C17H18N2O4. The first-order valence-corrected chi connectivity index (χ1v) is 7.06. The van der Waals surface area contributed by atoms with Gasteiger partial charge in [-0.25, -0.2) is 4.79 Å². The van der Waals surface area contributed by atoms with Crippen LogP contribution in [0.4, 0.5) is 0 Å². The van der Waals surface area contributed by atoms with Crippen LogP contribution in [0.15, 0.2) is 48.7 Å². The maximum Gasteiger partial charge on any atom is 0.354 e. The number of carbonyl (C=O) groups is 3. The van der Waals surface area contributed by atoms with Gasteiger partial charge < -0.3 is 10.1 Å². The van der Waals surface area contributed by atoms with Gasteiger partial charge in [0.1, 0.15) is 11.7 Å². The van der Waals surface area contributed by atoms with Gasteiger partial charge >= 0.3 is 5.97 Å². The molecule has 23 heavy (non-hydrogen) atoms.